The Morgan fingerprint density at radius 3 is 2.12 bits per heavy atom. The molecule has 0 radical (unpaired) electrons. The van der Waals surface area contributed by atoms with Crippen LogP contribution in [0.25, 0.3) is 0 Å². The number of likely N-dealkylation sites (tertiary alicyclic amines) is 1. The fourth-order valence-electron chi connectivity index (χ4n) is 3.51. The van der Waals surface area contributed by atoms with Gasteiger partial charge in [0.05, 0.1) is 6.10 Å². The summed E-state index contributed by atoms with van der Waals surface area (Å²) in [6, 6.07) is 0. The molecule has 0 aromatic carbocycles. The van der Waals surface area contributed by atoms with Crippen LogP contribution in [0.3, 0.4) is 0 Å². The van der Waals surface area contributed by atoms with Crippen molar-refractivity contribution in [1.82, 2.24) is 4.90 Å². The fourth-order valence-corrected chi connectivity index (χ4v) is 3.51. The highest BCUT2D eigenvalue weighted by Gasteiger charge is 2.39. The minimum Gasteiger partial charge on any atom is -0.391 e. The summed E-state index contributed by atoms with van der Waals surface area (Å²) in [5.41, 5.74) is -0.0184. The first-order valence-electron chi connectivity index (χ1n) is 7.05. The second-order valence-corrected chi connectivity index (χ2v) is 6.19. The predicted molar refractivity (Wildman–Crippen MR) is 67.5 cm³/mol. The van der Waals surface area contributed by atoms with Crippen LogP contribution in [0.1, 0.15) is 58.8 Å². The van der Waals surface area contributed by atoms with Gasteiger partial charge in [0.15, 0.2) is 0 Å². The molecule has 2 rings (SSSR count). The molecule has 1 unspecified atom stereocenters. The van der Waals surface area contributed by atoms with Crippen LogP contribution in [-0.4, -0.2) is 34.7 Å². The van der Waals surface area contributed by atoms with Crippen molar-refractivity contribution in [3.8, 4) is 0 Å². The second kappa shape index (κ2) is 5.05. The zero-order chi connectivity index (χ0) is 11.6. The molecule has 2 aliphatic rings. The molecule has 1 heterocycles. The van der Waals surface area contributed by atoms with E-state index >= 15 is 0 Å². The maximum Gasteiger partial charge on any atom is 0.0746 e. The minimum atomic E-state index is -0.131. The third kappa shape index (κ3) is 2.43. The molecule has 1 saturated carbocycles. The largest absolute Gasteiger partial charge is 0.391 e. The van der Waals surface area contributed by atoms with Crippen molar-refractivity contribution in [3.63, 3.8) is 0 Å². The van der Waals surface area contributed by atoms with E-state index in [9.17, 15) is 5.11 Å². The van der Waals surface area contributed by atoms with Crippen molar-refractivity contribution in [2.45, 2.75) is 70.4 Å². The molecule has 1 atom stereocenters. The van der Waals surface area contributed by atoms with Gasteiger partial charge in [0.2, 0.25) is 0 Å². The predicted octanol–water partition coefficient (Wildman–Crippen LogP) is 2.80. The Morgan fingerprint density at radius 1 is 1.00 bits per heavy atom. The van der Waals surface area contributed by atoms with Crippen LogP contribution >= 0.6 is 0 Å². The van der Waals surface area contributed by atoms with Crippen LogP contribution in [-0.2, 0) is 0 Å². The molecule has 2 nitrogen and oxygen atoms in total. The summed E-state index contributed by atoms with van der Waals surface area (Å²) in [7, 11) is 0. The van der Waals surface area contributed by atoms with E-state index < -0.39 is 0 Å². The number of hydrogen-bond acceptors (Lipinski definition) is 2. The van der Waals surface area contributed by atoms with Crippen molar-refractivity contribution in [1.29, 1.82) is 0 Å². The van der Waals surface area contributed by atoms with Crippen molar-refractivity contribution < 1.29 is 5.11 Å². The summed E-state index contributed by atoms with van der Waals surface area (Å²) < 4.78 is 0. The summed E-state index contributed by atoms with van der Waals surface area (Å²) in [5, 5.41) is 10.6. The first-order valence-corrected chi connectivity index (χ1v) is 7.05. The van der Waals surface area contributed by atoms with Gasteiger partial charge in [-0.1, -0.05) is 19.3 Å². The molecule has 0 aromatic rings. The molecule has 0 amide bonds. The van der Waals surface area contributed by atoms with Gasteiger partial charge in [-0.05, 0) is 58.5 Å². The number of piperidine rings is 1. The van der Waals surface area contributed by atoms with Crippen molar-refractivity contribution in [2.24, 2.45) is 5.92 Å². The molecule has 0 bridgehead atoms. The molecule has 0 aromatic heterocycles. The summed E-state index contributed by atoms with van der Waals surface area (Å²) in [6.07, 6.45) is 8.95. The normalized spacial score (nSPS) is 27.2. The summed E-state index contributed by atoms with van der Waals surface area (Å²) in [4.78, 5) is 2.51. The van der Waals surface area contributed by atoms with E-state index in [4.69, 9.17) is 0 Å². The van der Waals surface area contributed by atoms with E-state index in [2.05, 4.69) is 18.7 Å². The summed E-state index contributed by atoms with van der Waals surface area (Å²) in [6.45, 7) is 6.83. The van der Waals surface area contributed by atoms with Gasteiger partial charge in [-0.15, -0.1) is 0 Å². The van der Waals surface area contributed by atoms with Crippen molar-refractivity contribution in [3.05, 3.63) is 0 Å². The standard InChI is InChI=1S/C14H27NO/c1-14(2,15-10-6-3-7-11-15)13(16)12-8-4-5-9-12/h12-13,16H,3-11H2,1-2H3. The lowest BCUT2D eigenvalue weighted by Crippen LogP contribution is -2.56. The zero-order valence-corrected chi connectivity index (χ0v) is 10.9. The van der Waals surface area contributed by atoms with Gasteiger partial charge in [0.25, 0.3) is 0 Å². The van der Waals surface area contributed by atoms with Crippen molar-refractivity contribution >= 4 is 0 Å². The van der Waals surface area contributed by atoms with Crippen LogP contribution in [0, 0.1) is 5.92 Å². The quantitative estimate of drug-likeness (QED) is 0.798. The molecule has 1 aliphatic carbocycles. The zero-order valence-electron chi connectivity index (χ0n) is 10.9. The topological polar surface area (TPSA) is 23.5 Å². The lowest BCUT2D eigenvalue weighted by molar-refractivity contribution is -0.0479. The average Bonchev–Trinajstić information content (AvgIpc) is 2.82. The number of nitrogens with zero attached hydrogens (tertiary/aromatic N) is 1. The van der Waals surface area contributed by atoms with Gasteiger partial charge in [-0.2, -0.15) is 0 Å². The number of aliphatic hydroxyl groups is 1. The van der Waals surface area contributed by atoms with Gasteiger partial charge in [-0.3, -0.25) is 4.90 Å². The van der Waals surface area contributed by atoms with E-state index in [1.165, 1.54) is 58.0 Å². The van der Waals surface area contributed by atoms with Crippen molar-refractivity contribution in [2.75, 3.05) is 13.1 Å². The average molecular weight is 225 g/mol. The van der Waals surface area contributed by atoms with Crippen LogP contribution in [0.15, 0.2) is 0 Å². The van der Waals surface area contributed by atoms with Gasteiger partial charge in [-0.25, -0.2) is 0 Å². The SMILES string of the molecule is CC(C)(C(O)C1CCCC1)N1CCCCC1. The third-order valence-electron chi connectivity index (χ3n) is 4.74. The Bertz CT molecular complexity index is 215. The number of rotatable bonds is 3. The van der Waals surface area contributed by atoms with Crippen LogP contribution in [0.2, 0.25) is 0 Å². The molecule has 94 valence electrons. The highest BCUT2D eigenvalue weighted by atomic mass is 16.3. The lowest BCUT2D eigenvalue weighted by Gasteiger charge is -2.45. The Labute approximate surface area is 100 Å². The molecule has 2 fully saturated rings. The van der Waals surface area contributed by atoms with Gasteiger partial charge < -0.3 is 5.11 Å². The minimum absolute atomic E-state index is 0.0184. The molecule has 1 saturated heterocycles. The molecule has 1 N–H and O–H groups in total. The highest BCUT2D eigenvalue weighted by molar-refractivity contribution is 4.94. The van der Waals surface area contributed by atoms with E-state index in [1.54, 1.807) is 0 Å². The van der Waals surface area contributed by atoms with Crippen LogP contribution in [0.5, 0.6) is 0 Å². The van der Waals surface area contributed by atoms with Crippen LogP contribution in [0.4, 0.5) is 0 Å². The van der Waals surface area contributed by atoms with Gasteiger partial charge in [0.1, 0.15) is 0 Å². The summed E-state index contributed by atoms with van der Waals surface area (Å²) in [5.74, 6) is 0.553. The van der Waals surface area contributed by atoms with E-state index in [1.807, 2.05) is 0 Å². The Balaban J connectivity index is 1.98. The smallest absolute Gasteiger partial charge is 0.0746 e. The van der Waals surface area contributed by atoms with E-state index in [-0.39, 0.29) is 11.6 Å². The third-order valence-corrected chi connectivity index (χ3v) is 4.74. The summed E-state index contributed by atoms with van der Waals surface area (Å²) >= 11 is 0. The number of hydrogen-bond donors (Lipinski definition) is 1. The molecular formula is C14H27NO. The van der Waals surface area contributed by atoms with E-state index in [0.29, 0.717) is 5.92 Å². The Hall–Kier alpha value is -0.0800. The molecule has 1 aliphatic heterocycles. The first-order chi connectivity index (χ1) is 7.62. The molecular weight excluding hydrogens is 198 g/mol. The van der Waals surface area contributed by atoms with Gasteiger partial charge in [0, 0.05) is 5.54 Å². The van der Waals surface area contributed by atoms with Gasteiger partial charge >= 0.3 is 0 Å². The Kier molecular flexibility index (Phi) is 3.91. The maximum atomic E-state index is 10.6. The first kappa shape index (κ1) is 12.4. The Morgan fingerprint density at radius 2 is 1.56 bits per heavy atom. The van der Waals surface area contributed by atoms with E-state index in [0.717, 1.165) is 0 Å². The molecule has 0 spiro atoms. The second-order valence-electron chi connectivity index (χ2n) is 6.19. The lowest BCUT2D eigenvalue weighted by atomic mass is 9.83. The maximum absolute atomic E-state index is 10.6. The van der Waals surface area contributed by atoms with Crippen LogP contribution < -0.4 is 0 Å². The highest BCUT2D eigenvalue weighted by Crippen LogP contribution is 2.35. The molecule has 2 heteroatoms. The monoisotopic (exact) mass is 225 g/mol. The number of aliphatic hydroxyl groups excluding tert-OH is 1. The molecule has 16 heavy (non-hydrogen) atoms. The fraction of sp³-hybridized carbons (Fsp3) is 1.00.